The second-order valence-electron chi connectivity index (χ2n) is 6.81. The van der Waals surface area contributed by atoms with Gasteiger partial charge in [-0.25, -0.2) is 0 Å². The molecule has 148 valence electrons. The third-order valence-corrected chi connectivity index (χ3v) is 4.59. The summed E-state index contributed by atoms with van der Waals surface area (Å²) in [6, 6.07) is 26.5. The van der Waals surface area contributed by atoms with E-state index < -0.39 is 0 Å². The average Bonchev–Trinajstić information content (AvgIpc) is 3.28. The van der Waals surface area contributed by atoms with Crippen molar-refractivity contribution in [3.8, 4) is 11.5 Å². The lowest BCUT2D eigenvalue weighted by Crippen LogP contribution is -2.26. The first-order valence-corrected chi connectivity index (χ1v) is 9.89. The maximum absolute atomic E-state index is 5.76. The number of hydrogen-bond donors (Lipinski definition) is 2. The van der Waals surface area contributed by atoms with Gasteiger partial charge in [-0.2, -0.15) is 0 Å². The quantitative estimate of drug-likeness (QED) is 0.571. The van der Waals surface area contributed by atoms with Crippen molar-refractivity contribution < 1.29 is 9.47 Å². The lowest BCUT2D eigenvalue weighted by atomic mass is 10.0. The summed E-state index contributed by atoms with van der Waals surface area (Å²) in [4.78, 5) is 4.35. The van der Waals surface area contributed by atoms with Crippen molar-refractivity contribution in [2.45, 2.75) is 6.42 Å². The standard InChI is InChI=1S/C24H25N3O2/c1-2-4-22(5-3-1)28-16-17-29-23-12-8-20(9-13-23)18-19-6-10-21(11-7-19)27-24-25-14-15-26-24/h1-13H,14-18H2,(H2,25,26,27). The van der Waals surface area contributed by atoms with E-state index in [-0.39, 0.29) is 0 Å². The summed E-state index contributed by atoms with van der Waals surface area (Å²) in [6.07, 6.45) is 0.886. The molecule has 0 radical (unpaired) electrons. The van der Waals surface area contributed by atoms with E-state index in [0.717, 1.165) is 42.7 Å². The molecule has 5 heteroatoms. The molecule has 1 aliphatic rings. The molecule has 0 unspecified atom stereocenters. The fourth-order valence-corrected chi connectivity index (χ4v) is 3.10. The van der Waals surface area contributed by atoms with Gasteiger partial charge in [0.05, 0.1) is 6.54 Å². The molecule has 29 heavy (non-hydrogen) atoms. The first-order valence-electron chi connectivity index (χ1n) is 9.89. The Morgan fingerprint density at radius 3 is 2.00 bits per heavy atom. The molecule has 0 saturated carbocycles. The molecule has 0 amide bonds. The van der Waals surface area contributed by atoms with Crippen LogP contribution in [0.15, 0.2) is 83.9 Å². The highest BCUT2D eigenvalue weighted by atomic mass is 16.5. The maximum atomic E-state index is 5.76. The smallest absolute Gasteiger partial charge is 0.195 e. The summed E-state index contributed by atoms with van der Waals surface area (Å²) >= 11 is 0. The van der Waals surface area contributed by atoms with Gasteiger partial charge in [-0.05, 0) is 53.9 Å². The fourth-order valence-electron chi connectivity index (χ4n) is 3.10. The van der Waals surface area contributed by atoms with Gasteiger partial charge in [-0.3, -0.25) is 4.99 Å². The van der Waals surface area contributed by atoms with Crippen LogP contribution in [0.25, 0.3) is 0 Å². The summed E-state index contributed by atoms with van der Waals surface area (Å²) in [5.74, 6) is 2.57. The third-order valence-electron chi connectivity index (χ3n) is 4.59. The summed E-state index contributed by atoms with van der Waals surface area (Å²) in [6.45, 7) is 2.78. The minimum Gasteiger partial charge on any atom is -0.490 e. The summed E-state index contributed by atoms with van der Waals surface area (Å²) in [7, 11) is 0. The second kappa shape index (κ2) is 9.64. The number of ether oxygens (including phenoxy) is 2. The van der Waals surface area contributed by atoms with E-state index in [1.807, 2.05) is 42.5 Å². The van der Waals surface area contributed by atoms with Crippen LogP contribution in [-0.2, 0) is 6.42 Å². The summed E-state index contributed by atoms with van der Waals surface area (Å²) < 4.78 is 11.4. The number of para-hydroxylation sites is 1. The molecule has 1 aliphatic heterocycles. The molecule has 0 fully saturated rings. The monoisotopic (exact) mass is 387 g/mol. The van der Waals surface area contributed by atoms with Crippen LogP contribution in [0.4, 0.5) is 5.69 Å². The van der Waals surface area contributed by atoms with Crippen molar-refractivity contribution >= 4 is 11.6 Å². The lowest BCUT2D eigenvalue weighted by Gasteiger charge is -2.10. The van der Waals surface area contributed by atoms with Gasteiger partial charge in [-0.1, -0.05) is 42.5 Å². The second-order valence-corrected chi connectivity index (χ2v) is 6.81. The van der Waals surface area contributed by atoms with Crippen molar-refractivity contribution in [1.82, 2.24) is 5.32 Å². The molecule has 1 heterocycles. The molecule has 0 bridgehead atoms. The van der Waals surface area contributed by atoms with E-state index in [1.54, 1.807) is 0 Å². The number of aliphatic imine (C=N–C) groups is 1. The van der Waals surface area contributed by atoms with Crippen molar-refractivity contribution in [2.24, 2.45) is 4.99 Å². The molecule has 2 N–H and O–H groups in total. The predicted octanol–water partition coefficient (Wildman–Crippen LogP) is 4.11. The molecule has 3 aromatic carbocycles. The first-order chi connectivity index (χ1) is 14.3. The van der Waals surface area contributed by atoms with E-state index in [0.29, 0.717) is 13.2 Å². The van der Waals surface area contributed by atoms with Gasteiger partial charge in [0.25, 0.3) is 0 Å². The van der Waals surface area contributed by atoms with Crippen molar-refractivity contribution in [3.63, 3.8) is 0 Å². The fraction of sp³-hybridized carbons (Fsp3) is 0.208. The Morgan fingerprint density at radius 1 is 0.759 bits per heavy atom. The molecule has 0 aliphatic carbocycles. The van der Waals surface area contributed by atoms with Gasteiger partial charge >= 0.3 is 0 Å². The normalized spacial score (nSPS) is 12.8. The van der Waals surface area contributed by atoms with E-state index in [4.69, 9.17) is 9.47 Å². The number of anilines is 1. The van der Waals surface area contributed by atoms with Crippen LogP contribution >= 0.6 is 0 Å². The Kier molecular flexibility index (Phi) is 6.28. The lowest BCUT2D eigenvalue weighted by molar-refractivity contribution is 0.217. The molecule has 0 aromatic heterocycles. The maximum Gasteiger partial charge on any atom is 0.195 e. The van der Waals surface area contributed by atoms with E-state index >= 15 is 0 Å². The summed E-state index contributed by atoms with van der Waals surface area (Å²) in [5.41, 5.74) is 3.56. The third kappa shape index (κ3) is 5.75. The van der Waals surface area contributed by atoms with Gasteiger partial charge in [-0.15, -0.1) is 0 Å². The number of benzene rings is 3. The zero-order valence-corrected chi connectivity index (χ0v) is 16.3. The predicted molar refractivity (Wildman–Crippen MR) is 117 cm³/mol. The van der Waals surface area contributed by atoms with Crippen LogP contribution in [0, 0.1) is 0 Å². The molecule has 4 rings (SSSR count). The van der Waals surface area contributed by atoms with E-state index in [1.165, 1.54) is 11.1 Å². The molecule has 0 saturated heterocycles. The molecule has 0 atom stereocenters. The molecule has 0 spiro atoms. The Labute approximate surface area is 171 Å². The van der Waals surface area contributed by atoms with Crippen LogP contribution in [0.2, 0.25) is 0 Å². The molecule has 3 aromatic rings. The van der Waals surface area contributed by atoms with Gasteiger partial charge in [0.15, 0.2) is 5.96 Å². The highest BCUT2D eigenvalue weighted by Gasteiger charge is 2.05. The zero-order chi connectivity index (χ0) is 19.7. The largest absolute Gasteiger partial charge is 0.490 e. The highest BCUT2D eigenvalue weighted by Crippen LogP contribution is 2.17. The zero-order valence-electron chi connectivity index (χ0n) is 16.3. The average molecular weight is 387 g/mol. The Morgan fingerprint density at radius 2 is 1.38 bits per heavy atom. The topological polar surface area (TPSA) is 54.9 Å². The number of guanidine groups is 1. The number of nitrogens with zero attached hydrogens (tertiary/aromatic N) is 1. The number of rotatable bonds is 8. The highest BCUT2D eigenvalue weighted by molar-refractivity contribution is 5.94. The van der Waals surface area contributed by atoms with Crippen LogP contribution in [0.5, 0.6) is 11.5 Å². The minimum atomic E-state index is 0.517. The van der Waals surface area contributed by atoms with Gasteiger partial charge in [0.1, 0.15) is 24.7 Å². The van der Waals surface area contributed by atoms with Crippen LogP contribution in [-0.4, -0.2) is 32.3 Å². The molecule has 5 nitrogen and oxygen atoms in total. The number of nitrogens with one attached hydrogen (secondary N) is 2. The van der Waals surface area contributed by atoms with Crippen molar-refractivity contribution in [3.05, 3.63) is 90.0 Å². The van der Waals surface area contributed by atoms with Gasteiger partial charge in [0.2, 0.25) is 0 Å². The Hall–Kier alpha value is -3.47. The number of hydrogen-bond acceptors (Lipinski definition) is 5. The first kappa shape index (κ1) is 18.9. The van der Waals surface area contributed by atoms with E-state index in [9.17, 15) is 0 Å². The van der Waals surface area contributed by atoms with Crippen LogP contribution < -0.4 is 20.1 Å². The van der Waals surface area contributed by atoms with E-state index in [2.05, 4.69) is 52.0 Å². The minimum absolute atomic E-state index is 0.517. The SMILES string of the molecule is c1ccc(OCCOc2ccc(Cc3ccc(NC4=NCCN4)cc3)cc2)cc1. The van der Waals surface area contributed by atoms with Gasteiger partial charge in [0, 0.05) is 12.2 Å². The van der Waals surface area contributed by atoms with Gasteiger partial charge < -0.3 is 20.1 Å². The summed E-state index contributed by atoms with van der Waals surface area (Å²) in [5, 5.41) is 6.50. The van der Waals surface area contributed by atoms with Crippen LogP contribution in [0.3, 0.4) is 0 Å². The Bertz CT molecular complexity index is 923. The van der Waals surface area contributed by atoms with Crippen LogP contribution in [0.1, 0.15) is 11.1 Å². The molecular weight excluding hydrogens is 362 g/mol. The molecular formula is C24H25N3O2. The van der Waals surface area contributed by atoms with Crippen molar-refractivity contribution in [2.75, 3.05) is 31.6 Å². The Balaban J connectivity index is 1.22. The van der Waals surface area contributed by atoms with Crippen molar-refractivity contribution in [1.29, 1.82) is 0 Å².